The van der Waals surface area contributed by atoms with E-state index in [4.69, 9.17) is 16.3 Å². The average molecular weight is 456 g/mol. The van der Waals surface area contributed by atoms with Crippen LogP contribution in [0.15, 0.2) is 36.5 Å². The number of hydrogen-bond acceptors (Lipinski definition) is 5. The number of carbonyl (C=O) groups excluding carboxylic acids is 2. The van der Waals surface area contributed by atoms with Gasteiger partial charge in [-0.15, -0.1) is 0 Å². The fourth-order valence-corrected chi connectivity index (χ4v) is 3.45. The van der Waals surface area contributed by atoms with Crippen molar-refractivity contribution in [1.29, 1.82) is 0 Å². The normalized spacial score (nSPS) is 14.5. The van der Waals surface area contributed by atoms with E-state index in [1.807, 2.05) is 0 Å². The van der Waals surface area contributed by atoms with Crippen molar-refractivity contribution in [3.05, 3.63) is 52.7 Å². The largest absolute Gasteiger partial charge is 0.484 e. The molecule has 0 spiro atoms. The van der Waals surface area contributed by atoms with E-state index < -0.39 is 11.7 Å². The first-order valence-electron chi connectivity index (χ1n) is 9.70. The smallest absolute Gasteiger partial charge is 0.417 e. The van der Waals surface area contributed by atoms with Crippen molar-refractivity contribution in [2.75, 3.05) is 37.7 Å². The Morgan fingerprint density at radius 3 is 2.32 bits per heavy atom. The number of halogens is 4. The zero-order valence-electron chi connectivity index (χ0n) is 16.8. The van der Waals surface area contributed by atoms with Crippen molar-refractivity contribution in [2.24, 2.45) is 0 Å². The van der Waals surface area contributed by atoms with Crippen LogP contribution >= 0.6 is 11.6 Å². The van der Waals surface area contributed by atoms with Gasteiger partial charge in [0, 0.05) is 44.4 Å². The predicted octanol–water partition coefficient (Wildman–Crippen LogP) is 4.07. The Hall–Kier alpha value is -2.81. The van der Waals surface area contributed by atoms with Crippen molar-refractivity contribution in [1.82, 2.24) is 9.88 Å². The van der Waals surface area contributed by atoms with Gasteiger partial charge in [-0.1, -0.05) is 18.5 Å². The highest BCUT2D eigenvalue weighted by atomic mass is 35.5. The van der Waals surface area contributed by atoms with E-state index in [0.29, 0.717) is 43.9 Å². The third-order valence-electron chi connectivity index (χ3n) is 4.94. The van der Waals surface area contributed by atoms with Gasteiger partial charge in [0.15, 0.2) is 12.4 Å². The molecule has 2 aromatic rings. The lowest BCUT2D eigenvalue weighted by atomic mass is 10.1. The number of alkyl halides is 3. The number of rotatable bonds is 6. The molecule has 31 heavy (non-hydrogen) atoms. The van der Waals surface area contributed by atoms with Crippen molar-refractivity contribution < 1.29 is 27.5 Å². The monoisotopic (exact) mass is 455 g/mol. The third kappa shape index (κ3) is 5.66. The van der Waals surface area contributed by atoms with Crippen LogP contribution in [0, 0.1) is 0 Å². The van der Waals surface area contributed by atoms with Crippen molar-refractivity contribution >= 4 is 29.1 Å². The van der Waals surface area contributed by atoms with Gasteiger partial charge in [-0.25, -0.2) is 4.98 Å². The molecular formula is C21H21ClF3N3O3. The number of anilines is 1. The van der Waals surface area contributed by atoms with E-state index in [2.05, 4.69) is 4.98 Å². The zero-order valence-corrected chi connectivity index (χ0v) is 17.5. The SMILES string of the molecule is CCC(=O)c1ccc(OCC(=O)N2CCN(c3ncc(C(F)(F)F)cc3Cl)CC2)cc1. The van der Waals surface area contributed by atoms with Gasteiger partial charge >= 0.3 is 6.18 Å². The minimum absolute atomic E-state index is 0.0307. The Morgan fingerprint density at radius 1 is 1.13 bits per heavy atom. The Labute approximate surface area is 182 Å². The van der Waals surface area contributed by atoms with Crippen LogP contribution in [-0.2, 0) is 11.0 Å². The van der Waals surface area contributed by atoms with Gasteiger partial charge in [-0.2, -0.15) is 13.2 Å². The van der Waals surface area contributed by atoms with Crippen LogP contribution in [0.2, 0.25) is 5.02 Å². The fraction of sp³-hybridized carbons (Fsp3) is 0.381. The molecule has 166 valence electrons. The molecule has 2 heterocycles. The lowest BCUT2D eigenvalue weighted by Gasteiger charge is -2.35. The minimum Gasteiger partial charge on any atom is -0.484 e. The van der Waals surface area contributed by atoms with Gasteiger partial charge in [0.25, 0.3) is 5.91 Å². The van der Waals surface area contributed by atoms with E-state index in [0.717, 1.165) is 12.3 Å². The molecule has 0 N–H and O–H groups in total. The number of pyridine rings is 1. The maximum Gasteiger partial charge on any atom is 0.417 e. The van der Waals surface area contributed by atoms with Crippen LogP contribution in [0.1, 0.15) is 29.3 Å². The molecule has 1 fully saturated rings. The van der Waals surface area contributed by atoms with Gasteiger partial charge in [-0.3, -0.25) is 9.59 Å². The quantitative estimate of drug-likeness (QED) is 0.614. The molecule has 1 aliphatic heterocycles. The van der Waals surface area contributed by atoms with Crippen LogP contribution in [0.5, 0.6) is 5.75 Å². The standard InChI is InChI=1S/C21H21ClF3N3O3/c1-2-18(29)14-3-5-16(6-4-14)31-13-19(30)27-7-9-28(10-8-27)20-17(22)11-15(12-26-20)21(23,24)25/h3-6,11-12H,2,7-10,13H2,1H3. The van der Waals surface area contributed by atoms with E-state index in [1.165, 1.54) is 0 Å². The number of aromatic nitrogens is 1. The molecule has 0 unspecified atom stereocenters. The Morgan fingerprint density at radius 2 is 1.77 bits per heavy atom. The Bertz CT molecular complexity index is 943. The second kappa shape index (κ2) is 9.55. The number of Topliss-reactive ketones (excluding diaryl/α,β-unsaturated/α-hetero) is 1. The maximum atomic E-state index is 12.8. The first-order chi connectivity index (χ1) is 14.7. The zero-order chi connectivity index (χ0) is 22.6. The molecular weight excluding hydrogens is 435 g/mol. The Kier molecular flexibility index (Phi) is 7.04. The number of carbonyl (C=O) groups is 2. The van der Waals surface area contributed by atoms with Gasteiger partial charge in [-0.05, 0) is 30.3 Å². The number of amides is 1. The summed E-state index contributed by atoms with van der Waals surface area (Å²) in [5.41, 5.74) is -0.313. The van der Waals surface area contributed by atoms with E-state index >= 15 is 0 Å². The molecule has 1 aromatic heterocycles. The second-order valence-corrected chi connectivity index (χ2v) is 7.39. The Balaban J connectivity index is 1.51. The van der Waals surface area contributed by atoms with Gasteiger partial charge in [0.1, 0.15) is 11.6 Å². The molecule has 1 saturated heterocycles. The summed E-state index contributed by atoms with van der Waals surface area (Å²) < 4.78 is 43.8. The van der Waals surface area contributed by atoms with Crippen LogP contribution in [-0.4, -0.2) is 54.4 Å². The van der Waals surface area contributed by atoms with E-state index in [-0.39, 0.29) is 29.1 Å². The summed E-state index contributed by atoms with van der Waals surface area (Å²) in [5.74, 6) is 0.572. The highest BCUT2D eigenvalue weighted by molar-refractivity contribution is 6.33. The molecule has 6 nitrogen and oxygen atoms in total. The van der Waals surface area contributed by atoms with Crippen molar-refractivity contribution in [2.45, 2.75) is 19.5 Å². The molecule has 0 atom stereocenters. The number of piperazine rings is 1. The van der Waals surface area contributed by atoms with Crippen LogP contribution in [0.25, 0.3) is 0 Å². The average Bonchev–Trinajstić information content (AvgIpc) is 2.76. The molecule has 1 amide bonds. The van der Waals surface area contributed by atoms with Crippen LogP contribution in [0.3, 0.4) is 0 Å². The fourth-order valence-electron chi connectivity index (χ4n) is 3.16. The minimum atomic E-state index is -4.51. The van der Waals surface area contributed by atoms with Gasteiger partial charge < -0.3 is 14.5 Å². The molecule has 0 bridgehead atoms. The van der Waals surface area contributed by atoms with Crippen LogP contribution in [0.4, 0.5) is 19.0 Å². The molecule has 0 saturated carbocycles. The van der Waals surface area contributed by atoms with Crippen LogP contribution < -0.4 is 9.64 Å². The van der Waals surface area contributed by atoms with Gasteiger partial charge in [0.05, 0.1) is 10.6 Å². The van der Waals surface area contributed by atoms with Crippen molar-refractivity contribution in [3.63, 3.8) is 0 Å². The molecule has 1 aliphatic rings. The molecule has 0 radical (unpaired) electrons. The highest BCUT2D eigenvalue weighted by Crippen LogP contribution is 2.33. The van der Waals surface area contributed by atoms with Crippen molar-refractivity contribution in [3.8, 4) is 5.75 Å². The van der Waals surface area contributed by atoms with E-state index in [1.54, 1.807) is 41.0 Å². The predicted molar refractivity (Wildman–Crippen MR) is 110 cm³/mol. The number of hydrogen-bond donors (Lipinski definition) is 0. The first-order valence-corrected chi connectivity index (χ1v) is 10.1. The number of benzene rings is 1. The third-order valence-corrected chi connectivity index (χ3v) is 5.22. The topological polar surface area (TPSA) is 62.7 Å². The second-order valence-electron chi connectivity index (χ2n) is 6.98. The molecule has 1 aromatic carbocycles. The summed E-state index contributed by atoms with van der Waals surface area (Å²) >= 11 is 6.00. The molecule has 3 rings (SSSR count). The summed E-state index contributed by atoms with van der Waals surface area (Å²) in [6, 6.07) is 7.46. The summed E-state index contributed by atoms with van der Waals surface area (Å²) in [6.07, 6.45) is -3.34. The maximum absolute atomic E-state index is 12.8. The summed E-state index contributed by atoms with van der Waals surface area (Å²) in [6.45, 7) is 3.14. The summed E-state index contributed by atoms with van der Waals surface area (Å²) in [4.78, 5) is 31.3. The highest BCUT2D eigenvalue weighted by Gasteiger charge is 2.32. The van der Waals surface area contributed by atoms with E-state index in [9.17, 15) is 22.8 Å². The summed E-state index contributed by atoms with van der Waals surface area (Å²) in [5, 5.41) is -0.0806. The number of ketones is 1. The lowest BCUT2D eigenvalue weighted by Crippen LogP contribution is -2.50. The summed E-state index contributed by atoms with van der Waals surface area (Å²) in [7, 11) is 0. The lowest BCUT2D eigenvalue weighted by molar-refractivity contribution is -0.138. The number of ether oxygens (including phenoxy) is 1. The number of nitrogens with zero attached hydrogens (tertiary/aromatic N) is 3. The molecule has 10 heteroatoms. The van der Waals surface area contributed by atoms with Gasteiger partial charge in [0.2, 0.25) is 0 Å². The molecule has 0 aliphatic carbocycles. The first kappa shape index (κ1) is 22.9.